The van der Waals surface area contributed by atoms with Crippen LogP contribution in [0.2, 0.25) is 26.2 Å². The molecule has 0 radical (unpaired) electrons. The van der Waals surface area contributed by atoms with Crippen LogP contribution in [-0.2, 0) is 22.4 Å². The normalized spacial score (nSPS) is 10.9. The summed E-state index contributed by atoms with van der Waals surface area (Å²) in [7, 11) is -4.05. The van der Waals surface area contributed by atoms with Crippen molar-refractivity contribution < 1.29 is 22.4 Å². The van der Waals surface area contributed by atoms with Crippen LogP contribution in [0.15, 0.2) is 54.6 Å². The zero-order valence-electron chi connectivity index (χ0n) is 26.9. The quantitative estimate of drug-likeness (QED) is 0.125. The molecule has 0 aliphatic rings. The van der Waals surface area contributed by atoms with Crippen LogP contribution in [-0.4, -0.2) is 28.0 Å². The Bertz CT molecular complexity index is 1060. The van der Waals surface area contributed by atoms with E-state index in [1.54, 1.807) is 0 Å². The van der Waals surface area contributed by atoms with Crippen molar-refractivity contribution >= 4 is 41.1 Å². The van der Waals surface area contributed by atoms with Crippen molar-refractivity contribution in [3.8, 4) is 0 Å². The third-order valence-corrected chi connectivity index (χ3v) is 18.3. The Morgan fingerprint density at radius 2 is 0.872 bits per heavy atom. The van der Waals surface area contributed by atoms with Gasteiger partial charge in [0.15, 0.2) is 0 Å². The van der Waals surface area contributed by atoms with E-state index in [2.05, 4.69) is 122 Å². The Balaban J connectivity index is 0. The maximum atomic E-state index is 5.49. The van der Waals surface area contributed by atoms with Crippen LogP contribution in [0.3, 0.4) is 0 Å². The summed E-state index contributed by atoms with van der Waals surface area (Å²) >= 11 is 0. The monoisotopic (exact) mass is 656 g/mol. The summed E-state index contributed by atoms with van der Waals surface area (Å²) in [6.07, 6.45) is 0. The van der Waals surface area contributed by atoms with E-state index in [1.807, 2.05) is 0 Å². The van der Waals surface area contributed by atoms with E-state index in [4.69, 9.17) is 9.96 Å². The number of hydrogen-bond acceptors (Lipinski definition) is 0. The van der Waals surface area contributed by atoms with Crippen molar-refractivity contribution in [1.82, 2.24) is 0 Å². The summed E-state index contributed by atoms with van der Waals surface area (Å²) < 4.78 is 0. The summed E-state index contributed by atoms with van der Waals surface area (Å²) in [4.78, 5) is 11.0. The summed E-state index contributed by atoms with van der Waals surface area (Å²) in [5.74, 6) is 2.41. The Morgan fingerprint density at radius 1 is 0.564 bits per heavy atom. The summed E-state index contributed by atoms with van der Waals surface area (Å²) in [5, 5.41) is 1.50. The van der Waals surface area contributed by atoms with Gasteiger partial charge in [-0.1, -0.05) is 122 Å². The SMILES string of the molecule is Cc1cc(C)c([N-][Si](C)(C)CP(C[Si](C)(C)[N-]c2c(C)cc(C)cc2C)c2ccccc2)c(C)c1.[CH3-].[CH3-].[CH3-].[Nb+5]. The van der Waals surface area contributed by atoms with Gasteiger partial charge >= 0.3 is 22.4 Å². The van der Waals surface area contributed by atoms with Gasteiger partial charge in [-0.15, -0.1) is 11.4 Å². The Kier molecular flexibility index (Phi) is 16.8. The summed E-state index contributed by atoms with van der Waals surface area (Å²) in [5.41, 5.74) is 10.3. The number of nitrogens with zero attached hydrogens (tertiary/aromatic N) is 2. The third-order valence-electron chi connectivity index (χ3n) is 6.38. The van der Waals surface area contributed by atoms with Crippen LogP contribution in [0.1, 0.15) is 33.4 Å². The summed E-state index contributed by atoms with van der Waals surface area (Å²) in [6.45, 7) is 23.0. The molecule has 0 N–H and O–H groups in total. The molecule has 6 heteroatoms. The molecule has 3 rings (SSSR count). The molecule has 0 spiro atoms. The maximum Gasteiger partial charge on any atom is 5.00 e. The van der Waals surface area contributed by atoms with Gasteiger partial charge in [0.05, 0.1) is 0 Å². The van der Waals surface area contributed by atoms with Crippen molar-refractivity contribution in [2.75, 3.05) is 11.6 Å². The molecule has 212 valence electrons. The first-order chi connectivity index (χ1) is 16.3. The van der Waals surface area contributed by atoms with Gasteiger partial charge in [0.25, 0.3) is 0 Å². The van der Waals surface area contributed by atoms with E-state index in [-0.39, 0.29) is 52.6 Å². The molecule has 0 heterocycles. The zero-order valence-corrected chi connectivity index (χ0v) is 32.0. The third kappa shape index (κ3) is 11.3. The number of benzene rings is 3. The summed E-state index contributed by atoms with van der Waals surface area (Å²) in [6, 6.07) is 20.3. The van der Waals surface area contributed by atoms with Gasteiger partial charge in [-0.2, -0.15) is 0 Å². The van der Waals surface area contributed by atoms with E-state index < -0.39 is 16.5 Å². The second-order valence-corrected chi connectivity index (χ2v) is 23.4. The van der Waals surface area contributed by atoms with Gasteiger partial charge in [-0.3, -0.25) is 0 Å². The zero-order chi connectivity index (χ0) is 26.0. The first-order valence-corrected chi connectivity index (χ1v) is 20.7. The molecule has 0 saturated heterocycles. The molecule has 0 aliphatic carbocycles. The molecule has 0 amide bonds. The van der Waals surface area contributed by atoms with Gasteiger partial charge in [-0.25, -0.2) is 0 Å². The molecule has 0 aromatic heterocycles. The van der Waals surface area contributed by atoms with Gasteiger partial charge in [0.1, 0.15) is 0 Å². The van der Waals surface area contributed by atoms with E-state index in [1.165, 1.54) is 61.6 Å². The van der Waals surface area contributed by atoms with E-state index >= 15 is 0 Å². The van der Waals surface area contributed by atoms with Crippen LogP contribution in [0.4, 0.5) is 11.4 Å². The number of aryl methyl sites for hydroxylation is 6. The van der Waals surface area contributed by atoms with Crippen LogP contribution in [0.25, 0.3) is 9.96 Å². The average molecular weight is 657 g/mol. The Hall–Kier alpha value is -1.14. The fraction of sp³-hybridized carbons (Fsp3) is 0.364. The van der Waals surface area contributed by atoms with Crippen molar-refractivity contribution in [2.24, 2.45) is 0 Å². The smallest absolute Gasteiger partial charge is 0.686 e. The standard InChI is InChI=1S/C30H43N2PSi2.3CH3.Nb/c1-22-16-24(3)29(25(4)17-22)31-34(7,8)20-33(28-14-12-11-13-15-28)21-35(9,10)32-30-26(5)18-23(2)19-27(30)6;;;;/h11-19H,20-21H2,1-10H3;3*1H3;/q-2;3*-1;+5. The molecular formula is C33H52N2NbPSi2. The van der Waals surface area contributed by atoms with Gasteiger partial charge in [0.2, 0.25) is 0 Å². The predicted molar refractivity (Wildman–Crippen MR) is 184 cm³/mol. The molecule has 0 unspecified atom stereocenters. The molecule has 0 aliphatic heterocycles. The molecule has 3 aromatic rings. The molecular weight excluding hydrogens is 604 g/mol. The van der Waals surface area contributed by atoms with E-state index in [9.17, 15) is 0 Å². The molecule has 0 atom stereocenters. The van der Waals surface area contributed by atoms with Crippen molar-refractivity contribution in [1.29, 1.82) is 0 Å². The average Bonchev–Trinajstić information content (AvgIpc) is 2.73. The van der Waals surface area contributed by atoms with Crippen molar-refractivity contribution in [3.63, 3.8) is 0 Å². The van der Waals surface area contributed by atoms with Crippen LogP contribution in [0.5, 0.6) is 0 Å². The Morgan fingerprint density at radius 3 is 1.18 bits per heavy atom. The topological polar surface area (TPSA) is 28.2 Å². The minimum absolute atomic E-state index is 0. The van der Waals surface area contributed by atoms with Gasteiger partial charge in [-0.05, 0) is 74.9 Å². The second-order valence-electron chi connectivity index (χ2n) is 11.5. The minimum atomic E-state index is -1.86. The van der Waals surface area contributed by atoms with Crippen LogP contribution >= 0.6 is 7.92 Å². The number of rotatable bonds is 9. The molecule has 0 bridgehead atoms. The second kappa shape index (κ2) is 16.3. The molecule has 39 heavy (non-hydrogen) atoms. The molecule has 0 saturated carbocycles. The number of hydrogen-bond donors (Lipinski definition) is 0. The fourth-order valence-electron chi connectivity index (χ4n) is 5.18. The van der Waals surface area contributed by atoms with Crippen molar-refractivity contribution in [2.45, 2.75) is 67.7 Å². The fourth-order valence-corrected chi connectivity index (χ4v) is 18.6. The van der Waals surface area contributed by atoms with E-state index in [0.29, 0.717) is 0 Å². The van der Waals surface area contributed by atoms with E-state index in [0.717, 1.165) is 0 Å². The molecule has 3 aromatic carbocycles. The molecule has 2 nitrogen and oxygen atoms in total. The van der Waals surface area contributed by atoms with Gasteiger partial charge < -0.3 is 32.2 Å². The Labute approximate surface area is 261 Å². The van der Waals surface area contributed by atoms with Crippen LogP contribution in [0, 0.1) is 63.8 Å². The first-order valence-electron chi connectivity index (χ1n) is 12.7. The van der Waals surface area contributed by atoms with Crippen LogP contribution < -0.4 is 5.30 Å². The minimum Gasteiger partial charge on any atom is -0.686 e. The van der Waals surface area contributed by atoms with Crippen molar-refractivity contribution in [3.05, 3.63) is 120 Å². The van der Waals surface area contributed by atoms with Gasteiger partial charge in [0, 0.05) is 0 Å². The first kappa shape index (κ1) is 40.0. The molecule has 0 fully saturated rings. The predicted octanol–water partition coefficient (Wildman–Crippen LogP) is 10.9. The maximum absolute atomic E-state index is 5.49. The largest absolute Gasteiger partial charge is 5.00 e.